The van der Waals surface area contributed by atoms with Crippen molar-refractivity contribution in [3.63, 3.8) is 0 Å². The number of anilines is 1. The average molecular weight is 409 g/mol. The number of fused-ring (bicyclic) bond motifs is 1. The zero-order valence-corrected chi connectivity index (χ0v) is 16.6. The first-order valence-corrected chi connectivity index (χ1v) is 9.52. The first kappa shape index (κ1) is 19.7. The Morgan fingerprint density at radius 3 is 2.53 bits per heavy atom. The molecule has 30 heavy (non-hydrogen) atoms. The molecule has 0 aliphatic heterocycles. The first-order chi connectivity index (χ1) is 14.4. The normalized spacial score (nSPS) is 12.6. The molecule has 4 rings (SSSR count). The van der Waals surface area contributed by atoms with Crippen LogP contribution in [-0.2, 0) is 6.61 Å². The Kier molecular flexibility index (Phi) is 5.06. The SMILES string of the molecule is CC(C)Oc1ccc(-n2c(=O)ccc3cc(C(O)n4nc(CO)cc4N)[nH]c32)cc1. The van der Waals surface area contributed by atoms with Crippen molar-refractivity contribution in [2.45, 2.75) is 32.8 Å². The van der Waals surface area contributed by atoms with Crippen LogP contribution in [0.4, 0.5) is 5.82 Å². The molecule has 156 valence electrons. The summed E-state index contributed by atoms with van der Waals surface area (Å²) in [6.07, 6.45) is -1.15. The fourth-order valence-electron chi connectivity index (χ4n) is 3.35. The third kappa shape index (κ3) is 3.56. The molecule has 5 N–H and O–H groups in total. The molecule has 0 spiro atoms. The zero-order valence-electron chi connectivity index (χ0n) is 16.6. The van der Waals surface area contributed by atoms with E-state index in [1.807, 2.05) is 13.8 Å². The standard InChI is InChI=1S/C21H23N5O4/c1-12(2)30-16-6-4-15(5-7-16)25-19(28)8-3-13-9-17(23-20(13)25)21(29)26-18(22)10-14(11-27)24-26/h3-10,12,21,23,27,29H,11,22H2,1-2H3. The number of rotatable bonds is 6. The number of nitrogens with two attached hydrogens (primary N) is 1. The van der Waals surface area contributed by atoms with Gasteiger partial charge in [0.2, 0.25) is 0 Å². The molecule has 1 aromatic carbocycles. The number of aromatic nitrogens is 4. The van der Waals surface area contributed by atoms with Gasteiger partial charge in [-0.3, -0.25) is 9.36 Å². The second-order valence-corrected chi connectivity index (χ2v) is 7.23. The molecule has 9 heteroatoms. The van der Waals surface area contributed by atoms with Crippen molar-refractivity contribution >= 4 is 16.9 Å². The number of nitrogens with zero attached hydrogens (tertiary/aromatic N) is 3. The maximum absolute atomic E-state index is 12.6. The second kappa shape index (κ2) is 7.69. The molecule has 0 radical (unpaired) electrons. The molecule has 0 bridgehead atoms. The highest BCUT2D eigenvalue weighted by molar-refractivity contribution is 5.78. The molecule has 0 fully saturated rings. The van der Waals surface area contributed by atoms with Crippen molar-refractivity contribution in [1.29, 1.82) is 0 Å². The number of nitrogens with one attached hydrogen (secondary N) is 1. The molecule has 1 unspecified atom stereocenters. The van der Waals surface area contributed by atoms with Gasteiger partial charge in [-0.15, -0.1) is 0 Å². The lowest BCUT2D eigenvalue weighted by atomic mass is 10.2. The van der Waals surface area contributed by atoms with Crippen molar-refractivity contribution in [3.05, 3.63) is 70.3 Å². The van der Waals surface area contributed by atoms with Gasteiger partial charge in [-0.1, -0.05) is 0 Å². The second-order valence-electron chi connectivity index (χ2n) is 7.23. The van der Waals surface area contributed by atoms with Crippen LogP contribution in [0, 0.1) is 0 Å². The molecule has 0 saturated carbocycles. The molecule has 1 atom stereocenters. The predicted molar refractivity (Wildman–Crippen MR) is 113 cm³/mol. The van der Waals surface area contributed by atoms with Crippen LogP contribution in [0.2, 0.25) is 0 Å². The molecule has 4 aromatic rings. The summed E-state index contributed by atoms with van der Waals surface area (Å²) in [7, 11) is 0. The Hall–Kier alpha value is -3.56. The van der Waals surface area contributed by atoms with Crippen LogP contribution in [-0.4, -0.2) is 35.6 Å². The van der Waals surface area contributed by atoms with E-state index in [0.29, 0.717) is 28.5 Å². The summed E-state index contributed by atoms with van der Waals surface area (Å²) in [6, 6.07) is 13.6. The molecule has 0 amide bonds. The van der Waals surface area contributed by atoms with Gasteiger partial charge in [-0.25, -0.2) is 4.68 Å². The fourth-order valence-corrected chi connectivity index (χ4v) is 3.35. The number of pyridine rings is 1. The number of ether oxygens (including phenoxy) is 1. The molecule has 0 aliphatic carbocycles. The van der Waals surface area contributed by atoms with E-state index in [1.165, 1.54) is 21.4 Å². The van der Waals surface area contributed by atoms with Crippen molar-refractivity contribution in [2.24, 2.45) is 0 Å². The van der Waals surface area contributed by atoms with Crippen LogP contribution in [0.5, 0.6) is 5.75 Å². The van der Waals surface area contributed by atoms with E-state index in [-0.39, 0.29) is 24.1 Å². The Labute approximate surface area is 172 Å². The largest absolute Gasteiger partial charge is 0.491 e. The van der Waals surface area contributed by atoms with Gasteiger partial charge in [0.05, 0.1) is 29.8 Å². The highest BCUT2D eigenvalue weighted by Crippen LogP contribution is 2.25. The van der Waals surface area contributed by atoms with Crippen molar-refractivity contribution in [3.8, 4) is 11.4 Å². The number of hydrogen-bond acceptors (Lipinski definition) is 6. The van der Waals surface area contributed by atoms with Crippen LogP contribution < -0.4 is 16.0 Å². The monoisotopic (exact) mass is 409 g/mol. The van der Waals surface area contributed by atoms with E-state index in [1.54, 1.807) is 36.4 Å². The van der Waals surface area contributed by atoms with Crippen LogP contribution >= 0.6 is 0 Å². The summed E-state index contributed by atoms with van der Waals surface area (Å²) in [5.74, 6) is 0.925. The number of aliphatic hydroxyl groups is 2. The van der Waals surface area contributed by atoms with Crippen LogP contribution in [0.15, 0.2) is 53.3 Å². The smallest absolute Gasteiger partial charge is 0.256 e. The van der Waals surface area contributed by atoms with E-state index in [9.17, 15) is 15.0 Å². The molecular weight excluding hydrogens is 386 g/mol. The minimum Gasteiger partial charge on any atom is -0.491 e. The summed E-state index contributed by atoms with van der Waals surface area (Å²) in [6.45, 7) is 3.61. The van der Waals surface area contributed by atoms with Gasteiger partial charge in [-0.05, 0) is 50.2 Å². The lowest BCUT2D eigenvalue weighted by Gasteiger charge is -2.12. The summed E-state index contributed by atoms with van der Waals surface area (Å²) in [5.41, 5.74) is 7.62. The lowest BCUT2D eigenvalue weighted by Crippen LogP contribution is -2.18. The topological polar surface area (TPSA) is 131 Å². The summed E-state index contributed by atoms with van der Waals surface area (Å²) < 4.78 is 8.39. The van der Waals surface area contributed by atoms with E-state index in [2.05, 4.69) is 10.1 Å². The molecule has 9 nitrogen and oxygen atoms in total. The van der Waals surface area contributed by atoms with Crippen LogP contribution in [0.25, 0.3) is 16.7 Å². The molecule has 3 aromatic heterocycles. The van der Waals surface area contributed by atoms with Gasteiger partial charge >= 0.3 is 0 Å². The van der Waals surface area contributed by atoms with Crippen molar-refractivity contribution < 1.29 is 14.9 Å². The number of hydrogen-bond donors (Lipinski definition) is 4. The van der Waals surface area contributed by atoms with Crippen molar-refractivity contribution in [1.82, 2.24) is 19.3 Å². The Bertz CT molecular complexity index is 1240. The minimum absolute atomic E-state index is 0.0514. The van der Waals surface area contributed by atoms with E-state index < -0.39 is 6.23 Å². The van der Waals surface area contributed by atoms with Crippen molar-refractivity contribution in [2.75, 3.05) is 5.73 Å². The maximum atomic E-state index is 12.6. The number of H-pyrrole nitrogens is 1. The van der Waals surface area contributed by atoms with Gasteiger partial charge in [-0.2, -0.15) is 5.10 Å². The molecule has 0 saturated heterocycles. The lowest BCUT2D eigenvalue weighted by molar-refractivity contribution is 0.129. The quantitative estimate of drug-likeness (QED) is 0.385. The summed E-state index contributed by atoms with van der Waals surface area (Å²) in [5, 5.41) is 24.8. The van der Waals surface area contributed by atoms with Crippen LogP contribution in [0.1, 0.15) is 31.5 Å². The van der Waals surface area contributed by atoms with E-state index >= 15 is 0 Å². The van der Waals surface area contributed by atoms with E-state index in [0.717, 1.165) is 5.39 Å². The number of aromatic amines is 1. The maximum Gasteiger partial charge on any atom is 0.256 e. The third-order valence-corrected chi connectivity index (χ3v) is 4.65. The Balaban J connectivity index is 1.77. The van der Waals surface area contributed by atoms with E-state index in [4.69, 9.17) is 10.5 Å². The van der Waals surface area contributed by atoms with Gasteiger partial charge in [0.15, 0.2) is 6.23 Å². The summed E-state index contributed by atoms with van der Waals surface area (Å²) >= 11 is 0. The third-order valence-electron chi connectivity index (χ3n) is 4.65. The fraction of sp³-hybridized carbons (Fsp3) is 0.238. The van der Waals surface area contributed by atoms with Gasteiger partial charge in [0, 0.05) is 17.5 Å². The molecule has 3 heterocycles. The highest BCUT2D eigenvalue weighted by Gasteiger charge is 2.19. The zero-order chi connectivity index (χ0) is 21.4. The number of aliphatic hydroxyl groups excluding tert-OH is 2. The van der Waals surface area contributed by atoms with Gasteiger partial charge < -0.3 is 25.7 Å². The van der Waals surface area contributed by atoms with Crippen LogP contribution in [0.3, 0.4) is 0 Å². The highest BCUT2D eigenvalue weighted by atomic mass is 16.5. The Morgan fingerprint density at radius 2 is 1.90 bits per heavy atom. The first-order valence-electron chi connectivity index (χ1n) is 9.52. The van der Waals surface area contributed by atoms with Gasteiger partial charge in [0.25, 0.3) is 5.56 Å². The number of benzene rings is 1. The minimum atomic E-state index is -1.21. The molecular formula is C21H23N5O4. The summed E-state index contributed by atoms with van der Waals surface area (Å²) in [4.78, 5) is 15.7. The predicted octanol–water partition coefficient (Wildman–Crippen LogP) is 1.92. The van der Waals surface area contributed by atoms with Gasteiger partial charge in [0.1, 0.15) is 17.2 Å². The average Bonchev–Trinajstić information content (AvgIpc) is 3.31. The molecule has 0 aliphatic rings. The Morgan fingerprint density at radius 1 is 1.17 bits per heavy atom. The number of nitrogen functional groups attached to an aromatic ring is 1.